The van der Waals surface area contributed by atoms with E-state index in [0.29, 0.717) is 11.1 Å². The Labute approximate surface area is 156 Å². The van der Waals surface area contributed by atoms with Crippen LogP contribution in [0.4, 0.5) is 24.7 Å². The van der Waals surface area contributed by atoms with Gasteiger partial charge in [-0.2, -0.15) is 0 Å². The molecular weight excluding hydrogens is 373 g/mol. The third-order valence-corrected chi connectivity index (χ3v) is 4.01. The molecule has 0 aliphatic carbocycles. The van der Waals surface area contributed by atoms with Crippen molar-refractivity contribution in [1.29, 1.82) is 0 Å². The van der Waals surface area contributed by atoms with E-state index in [2.05, 4.69) is 25.4 Å². The van der Waals surface area contributed by atoms with E-state index >= 15 is 0 Å². The molecular formula is C18H13F3N6O. The first kappa shape index (κ1) is 17.9. The number of aromatic nitrogens is 5. The van der Waals surface area contributed by atoms with E-state index in [1.165, 1.54) is 35.0 Å². The molecule has 0 bridgehead atoms. The lowest BCUT2D eigenvalue weighted by Gasteiger charge is -2.11. The molecule has 4 heterocycles. The summed E-state index contributed by atoms with van der Waals surface area (Å²) >= 11 is 0. The minimum atomic E-state index is -2.74. The van der Waals surface area contributed by atoms with Gasteiger partial charge in [0, 0.05) is 18.0 Å². The molecule has 7 nitrogen and oxygen atoms in total. The maximum Gasteiger partial charge on any atom is 0.280 e. The minimum Gasteiger partial charge on any atom is -0.392 e. The number of halogens is 3. The van der Waals surface area contributed by atoms with E-state index in [0.717, 1.165) is 6.20 Å². The van der Waals surface area contributed by atoms with Crippen LogP contribution in [0.1, 0.15) is 17.7 Å². The topological polar surface area (TPSA) is 88.2 Å². The zero-order valence-corrected chi connectivity index (χ0v) is 14.2. The van der Waals surface area contributed by atoms with Crippen LogP contribution in [0.2, 0.25) is 0 Å². The van der Waals surface area contributed by atoms with Crippen LogP contribution in [0.15, 0.2) is 48.9 Å². The second kappa shape index (κ2) is 7.24. The van der Waals surface area contributed by atoms with Crippen LogP contribution in [0.3, 0.4) is 0 Å². The van der Waals surface area contributed by atoms with Gasteiger partial charge in [0.2, 0.25) is 5.82 Å². The number of fused-ring (bicyclic) bond motifs is 1. The summed E-state index contributed by atoms with van der Waals surface area (Å²) in [4.78, 5) is 11.9. The molecule has 0 spiro atoms. The van der Waals surface area contributed by atoms with Crippen LogP contribution >= 0.6 is 0 Å². The molecule has 2 N–H and O–H groups in total. The maximum atomic E-state index is 14.0. The molecule has 0 aromatic carbocycles. The lowest BCUT2D eigenvalue weighted by molar-refractivity contribution is 0.146. The molecule has 0 fully saturated rings. The molecule has 10 heteroatoms. The van der Waals surface area contributed by atoms with Gasteiger partial charge in [0.25, 0.3) is 6.43 Å². The standard InChI is InChI=1S/C18H13F3N6O/c19-11-8-22-6-4-12(11)24-18-15-10(9-28)5-7-27(15)26-17(25-18)14-3-1-2-13(23-14)16(20)21/h1-8,16,28H,9H2,(H,22,24,25,26). The van der Waals surface area contributed by atoms with E-state index in [4.69, 9.17) is 0 Å². The first-order chi connectivity index (χ1) is 13.6. The number of aliphatic hydroxyl groups excluding tert-OH is 1. The lowest BCUT2D eigenvalue weighted by atomic mass is 10.2. The van der Waals surface area contributed by atoms with Gasteiger partial charge in [-0.3, -0.25) is 4.98 Å². The molecule has 28 heavy (non-hydrogen) atoms. The summed E-state index contributed by atoms with van der Waals surface area (Å²) in [6, 6.07) is 7.19. The summed E-state index contributed by atoms with van der Waals surface area (Å²) in [7, 11) is 0. The van der Waals surface area contributed by atoms with Crippen molar-refractivity contribution in [1.82, 2.24) is 24.6 Å². The largest absolute Gasteiger partial charge is 0.392 e. The number of alkyl halides is 2. The monoisotopic (exact) mass is 386 g/mol. The summed E-state index contributed by atoms with van der Waals surface area (Å²) in [5.41, 5.74) is 0.780. The van der Waals surface area contributed by atoms with Crippen LogP contribution in [-0.2, 0) is 6.61 Å². The van der Waals surface area contributed by atoms with E-state index in [1.54, 1.807) is 12.3 Å². The number of hydrogen-bond donors (Lipinski definition) is 2. The number of anilines is 2. The van der Waals surface area contributed by atoms with Gasteiger partial charge in [-0.25, -0.2) is 27.7 Å². The van der Waals surface area contributed by atoms with Crippen molar-refractivity contribution in [2.45, 2.75) is 13.0 Å². The smallest absolute Gasteiger partial charge is 0.280 e. The van der Waals surface area contributed by atoms with Crippen LogP contribution < -0.4 is 5.32 Å². The Morgan fingerprint density at radius 3 is 2.75 bits per heavy atom. The molecule has 0 amide bonds. The molecule has 0 unspecified atom stereocenters. The normalized spacial score (nSPS) is 11.3. The van der Waals surface area contributed by atoms with Crippen LogP contribution in [-0.4, -0.2) is 29.7 Å². The van der Waals surface area contributed by atoms with E-state index in [9.17, 15) is 18.3 Å². The Bertz CT molecular complexity index is 1150. The highest BCUT2D eigenvalue weighted by Crippen LogP contribution is 2.27. The third-order valence-electron chi connectivity index (χ3n) is 4.01. The minimum absolute atomic E-state index is 0.0621. The molecule has 4 aromatic heterocycles. The number of pyridine rings is 2. The van der Waals surface area contributed by atoms with Crippen molar-refractivity contribution >= 4 is 17.0 Å². The number of hydrogen-bond acceptors (Lipinski definition) is 6. The molecule has 0 saturated carbocycles. The number of nitrogens with one attached hydrogen (secondary N) is 1. The summed E-state index contributed by atoms with van der Waals surface area (Å²) in [6.45, 7) is -0.286. The van der Waals surface area contributed by atoms with Gasteiger partial charge in [0.05, 0.1) is 18.5 Å². The fourth-order valence-electron chi connectivity index (χ4n) is 2.71. The van der Waals surface area contributed by atoms with E-state index in [-0.39, 0.29) is 29.6 Å². The molecule has 0 aliphatic heterocycles. The number of nitrogens with zero attached hydrogens (tertiary/aromatic N) is 5. The Balaban J connectivity index is 1.88. The van der Waals surface area contributed by atoms with Gasteiger partial charge < -0.3 is 10.4 Å². The molecule has 0 aliphatic rings. The lowest BCUT2D eigenvalue weighted by Crippen LogP contribution is -2.06. The molecule has 4 aromatic rings. The van der Waals surface area contributed by atoms with Crippen molar-refractivity contribution in [3.63, 3.8) is 0 Å². The van der Waals surface area contributed by atoms with E-state index < -0.39 is 17.9 Å². The first-order valence-electron chi connectivity index (χ1n) is 8.18. The first-order valence-corrected chi connectivity index (χ1v) is 8.18. The Kier molecular flexibility index (Phi) is 4.62. The van der Waals surface area contributed by atoms with Gasteiger partial charge >= 0.3 is 0 Å². The number of rotatable bonds is 5. The van der Waals surface area contributed by atoms with Crippen LogP contribution in [0, 0.1) is 5.82 Å². The molecule has 0 atom stereocenters. The Morgan fingerprint density at radius 2 is 2.00 bits per heavy atom. The van der Waals surface area contributed by atoms with Gasteiger partial charge in [0.1, 0.15) is 16.9 Å². The molecule has 4 rings (SSSR count). The van der Waals surface area contributed by atoms with Crippen LogP contribution in [0.5, 0.6) is 0 Å². The summed E-state index contributed by atoms with van der Waals surface area (Å²) in [5, 5.41) is 16.7. The van der Waals surface area contributed by atoms with Crippen molar-refractivity contribution in [2.75, 3.05) is 5.32 Å². The molecule has 0 saturated heterocycles. The predicted molar refractivity (Wildman–Crippen MR) is 94.6 cm³/mol. The van der Waals surface area contributed by atoms with Crippen molar-refractivity contribution < 1.29 is 18.3 Å². The van der Waals surface area contributed by atoms with Crippen LogP contribution in [0.25, 0.3) is 17.0 Å². The Hall–Kier alpha value is -3.53. The van der Waals surface area contributed by atoms with Crippen molar-refractivity contribution in [3.8, 4) is 11.5 Å². The zero-order chi connectivity index (χ0) is 19.7. The van der Waals surface area contributed by atoms with Crippen molar-refractivity contribution in [3.05, 3.63) is 66.0 Å². The summed E-state index contributed by atoms with van der Waals surface area (Å²) in [5.74, 6) is -0.351. The summed E-state index contributed by atoms with van der Waals surface area (Å²) in [6.07, 6.45) is 1.29. The number of aliphatic hydroxyl groups is 1. The third kappa shape index (κ3) is 3.25. The fourth-order valence-corrected chi connectivity index (χ4v) is 2.71. The van der Waals surface area contributed by atoms with Crippen molar-refractivity contribution in [2.24, 2.45) is 0 Å². The zero-order valence-electron chi connectivity index (χ0n) is 14.2. The average Bonchev–Trinajstić information content (AvgIpc) is 3.13. The van der Waals surface area contributed by atoms with Gasteiger partial charge in [0.15, 0.2) is 11.6 Å². The van der Waals surface area contributed by atoms with Gasteiger partial charge in [-0.05, 0) is 24.3 Å². The maximum absolute atomic E-state index is 14.0. The van der Waals surface area contributed by atoms with Gasteiger partial charge in [-0.15, -0.1) is 5.10 Å². The highest BCUT2D eigenvalue weighted by Gasteiger charge is 2.17. The predicted octanol–water partition coefficient (Wildman–Crippen LogP) is 3.50. The molecule has 0 radical (unpaired) electrons. The highest BCUT2D eigenvalue weighted by molar-refractivity contribution is 5.78. The fraction of sp³-hybridized carbons (Fsp3) is 0.111. The Morgan fingerprint density at radius 1 is 1.14 bits per heavy atom. The average molecular weight is 386 g/mol. The SMILES string of the molecule is OCc1ccn2nc(-c3cccc(C(F)F)n3)nc(Nc3ccncc3F)c12. The molecule has 142 valence electrons. The quantitative estimate of drug-likeness (QED) is 0.546. The van der Waals surface area contributed by atoms with Gasteiger partial charge in [-0.1, -0.05) is 6.07 Å². The van der Waals surface area contributed by atoms with E-state index in [1.807, 2.05) is 0 Å². The second-order valence-corrected chi connectivity index (χ2v) is 5.81. The second-order valence-electron chi connectivity index (χ2n) is 5.81. The summed E-state index contributed by atoms with van der Waals surface area (Å²) < 4.78 is 41.4. The highest BCUT2D eigenvalue weighted by atomic mass is 19.3.